The first-order valence-corrected chi connectivity index (χ1v) is 14.3. The summed E-state index contributed by atoms with van der Waals surface area (Å²) in [6.45, 7) is 4.04. The Morgan fingerprint density at radius 3 is 2.37 bits per heavy atom. The van der Waals surface area contributed by atoms with Crippen LogP contribution in [-0.2, 0) is 22.7 Å². The second kappa shape index (κ2) is 12.3. The summed E-state index contributed by atoms with van der Waals surface area (Å²) in [5.74, 6) is -0.663. The average molecular weight is 568 g/mol. The van der Waals surface area contributed by atoms with Crippen molar-refractivity contribution in [2.45, 2.75) is 33.0 Å². The standard InChI is InChI=1S/C31H33N7O2S/c1-21(2)30(31(40)32-23-14-16-24(17-15-23)36(3)4)37(18-28-33-26(20-41-28)22-10-6-5-7-11-22)29(39)19-38-27-13-9-8-12-25(27)34-35-38/h5-17,20-21,30H,18-19H2,1-4H3,(H,32,40)/t30-/m1/s1. The Balaban J connectivity index is 1.44. The van der Waals surface area contributed by atoms with Crippen LogP contribution in [0.5, 0.6) is 0 Å². The van der Waals surface area contributed by atoms with Gasteiger partial charge in [0.1, 0.15) is 23.1 Å². The molecule has 0 radical (unpaired) electrons. The number of amides is 2. The van der Waals surface area contributed by atoms with Crippen LogP contribution in [0.4, 0.5) is 11.4 Å². The first-order chi connectivity index (χ1) is 19.8. The lowest BCUT2D eigenvalue weighted by Crippen LogP contribution is -2.50. The quantitative estimate of drug-likeness (QED) is 0.246. The second-order valence-electron chi connectivity index (χ2n) is 10.4. The SMILES string of the molecule is CC(C)[C@H](C(=O)Nc1ccc(N(C)C)cc1)N(Cc1nc(-c2ccccc2)cs1)C(=O)Cn1nnc2ccccc21. The van der Waals surface area contributed by atoms with E-state index in [9.17, 15) is 9.59 Å². The van der Waals surface area contributed by atoms with E-state index in [0.717, 1.165) is 27.5 Å². The number of nitrogens with one attached hydrogen (secondary N) is 1. The van der Waals surface area contributed by atoms with Gasteiger partial charge in [-0.15, -0.1) is 16.4 Å². The van der Waals surface area contributed by atoms with Crippen molar-refractivity contribution in [1.29, 1.82) is 0 Å². The third kappa shape index (κ3) is 6.44. The molecule has 1 N–H and O–H groups in total. The Hall–Kier alpha value is -4.57. The largest absolute Gasteiger partial charge is 0.378 e. The summed E-state index contributed by atoms with van der Waals surface area (Å²) in [6.07, 6.45) is 0. The topological polar surface area (TPSA) is 96.2 Å². The highest BCUT2D eigenvalue weighted by Crippen LogP contribution is 2.25. The van der Waals surface area contributed by atoms with Crippen molar-refractivity contribution < 1.29 is 9.59 Å². The lowest BCUT2D eigenvalue weighted by molar-refractivity contribution is -0.141. The van der Waals surface area contributed by atoms with Crippen LogP contribution in [0.25, 0.3) is 22.3 Å². The van der Waals surface area contributed by atoms with Gasteiger partial charge in [-0.3, -0.25) is 9.59 Å². The number of hydrogen-bond donors (Lipinski definition) is 1. The molecular weight excluding hydrogens is 534 g/mol. The molecule has 9 nitrogen and oxygen atoms in total. The Kier molecular flexibility index (Phi) is 8.39. The fourth-order valence-corrected chi connectivity index (χ4v) is 5.53. The van der Waals surface area contributed by atoms with Gasteiger partial charge in [0, 0.05) is 36.4 Å². The Morgan fingerprint density at radius 1 is 0.951 bits per heavy atom. The number of hydrogen-bond acceptors (Lipinski definition) is 7. The number of fused-ring (bicyclic) bond motifs is 1. The van der Waals surface area contributed by atoms with Gasteiger partial charge in [-0.05, 0) is 42.3 Å². The van der Waals surface area contributed by atoms with Gasteiger partial charge in [-0.25, -0.2) is 9.67 Å². The number of thiazole rings is 1. The minimum atomic E-state index is -0.741. The van der Waals surface area contributed by atoms with Crippen molar-refractivity contribution in [2.24, 2.45) is 5.92 Å². The molecule has 10 heteroatoms. The van der Waals surface area contributed by atoms with Crippen LogP contribution in [0.1, 0.15) is 18.9 Å². The molecule has 210 valence electrons. The van der Waals surface area contributed by atoms with E-state index in [1.807, 2.05) is 117 Å². The predicted molar refractivity (Wildman–Crippen MR) is 164 cm³/mol. The number of rotatable bonds is 10. The van der Waals surface area contributed by atoms with Gasteiger partial charge < -0.3 is 15.1 Å². The van der Waals surface area contributed by atoms with Gasteiger partial charge in [0.05, 0.1) is 17.8 Å². The fourth-order valence-electron chi connectivity index (χ4n) is 4.73. The summed E-state index contributed by atoms with van der Waals surface area (Å²) < 4.78 is 1.58. The van der Waals surface area contributed by atoms with Crippen LogP contribution in [0, 0.1) is 5.92 Å². The van der Waals surface area contributed by atoms with Gasteiger partial charge >= 0.3 is 0 Å². The lowest BCUT2D eigenvalue weighted by Gasteiger charge is -2.33. The van der Waals surface area contributed by atoms with Gasteiger partial charge in [0.25, 0.3) is 0 Å². The molecule has 5 rings (SSSR count). The molecule has 0 saturated heterocycles. The second-order valence-corrected chi connectivity index (χ2v) is 11.3. The third-order valence-electron chi connectivity index (χ3n) is 6.84. The molecule has 2 amide bonds. The first-order valence-electron chi connectivity index (χ1n) is 13.5. The number of anilines is 2. The molecule has 0 fully saturated rings. The molecule has 41 heavy (non-hydrogen) atoms. The number of para-hydroxylation sites is 1. The van der Waals surface area contributed by atoms with Crippen molar-refractivity contribution in [1.82, 2.24) is 24.9 Å². The molecule has 1 atom stereocenters. The van der Waals surface area contributed by atoms with Crippen LogP contribution in [0.15, 0.2) is 84.2 Å². The summed E-state index contributed by atoms with van der Waals surface area (Å²) in [5, 5.41) is 14.2. The normalized spacial score (nSPS) is 11.9. The summed E-state index contributed by atoms with van der Waals surface area (Å²) in [6, 6.07) is 24.3. The molecular formula is C31H33N7O2S. The monoisotopic (exact) mass is 567 g/mol. The van der Waals surface area contributed by atoms with Crippen LogP contribution in [-0.4, -0.2) is 56.8 Å². The smallest absolute Gasteiger partial charge is 0.247 e. The average Bonchev–Trinajstić information content (AvgIpc) is 3.60. The number of aromatic nitrogens is 4. The maximum absolute atomic E-state index is 14.0. The van der Waals surface area contributed by atoms with E-state index in [-0.39, 0.29) is 30.8 Å². The molecule has 0 bridgehead atoms. The van der Waals surface area contributed by atoms with Crippen molar-refractivity contribution >= 4 is 45.6 Å². The molecule has 0 aliphatic carbocycles. The summed E-state index contributed by atoms with van der Waals surface area (Å²) in [4.78, 5) is 36.2. The van der Waals surface area contributed by atoms with Crippen LogP contribution in [0.2, 0.25) is 0 Å². The van der Waals surface area contributed by atoms with E-state index in [0.29, 0.717) is 11.2 Å². The molecule has 0 aliphatic heterocycles. The molecule has 3 aromatic carbocycles. The van der Waals surface area contributed by atoms with Gasteiger partial charge in [0.15, 0.2) is 0 Å². The summed E-state index contributed by atoms with van der Waals surface area (Å²) >= 11 is 1.47. The highest BCUT2D eigenvalue weighted by atomic mass is 32.1. The summed E-state index contributed by atoms with van der Waals surface area (Å²) in [7, 11) is 3.93. The maximum Gasteiger partial charge on any atom is 0.247 e. The van der Waals surface area contributed by atoms with E-state index in [1.165, 1.54) is 11.3 Å². The number of carbonyl (C=O) groups is 2. The molecule has 5 aromatic rings. The Bertz CT molecular complexity index is 1630. The van der Waals surface area contributed by atoms with E-state index < -0.39 is 6.04 Å². The molecule has 2 aromatic heterocycles. The van der Waals surface area contributed by atoms with Gasteiger partial charge in [-0.1, -0.05) is 61.5 Å². The van der Waals surface area contributed by atoms with Gasteiger partial charge in [-0.2, -0.15) is 0 Å². The molecule has 0 spiro atoms. The highest BCUT2D eigenvalue weighted by molar-refractivity contribution is 7.09. The van der Waals surface area contributed by atoms with E-state index >= 15 is 0 Å². The Morgan fingerprint density at radius 2 is 1.66 bits per heavy atom. The third-order valence-corrected chi connectivity index (χ3v) is 7.67. The highest BCUT2D eigenvalue weighted by Gasteiger charge is 2.34. The fraction of sp³-hybridized carbons (Fsp3) is 0.258. The number of carbonyl (C=O) groups excluding carboxylic acids is 2. The van der Waals surface area contributed by atoms with Crippen molar-refractivity contribution in [3.8, 4) is 11.3 Å². The molecule has 0 saturated carbocycles. The van der Waals surface area contributed by atoms with Crippen LogP contribution >= 0.6 is 11.3 Å². The zero-order chi connectivity index (χ0) is 28.9. The lowest BCUT2D eigenvalue weighted by atomic mass is 10.0. The molecule has 2 heterocycles. The zero-order valence-electron chi connectivity index (χ0n) is 23.6. The zero-order valence-corrected chi connectivity index (χ0v) is 24.4. The van der Waals surface area contributed by atoms with Crippen molar-refractivity contribution in [2.75, 3.05) is 24.3 Å². The van der Waals surface area contributed by atoms with Crippen molar-refractivity contribution in [3.05, 3.63) is 89.3 Å². The first kappa shape index (κ1) is 28.0. The molecule has 0 aliphatic rings. The van der Waals surface area contributed by atoms with Crippen LogP contribution in [0.3, 0.4) is 0 Å². The minimum absolute atomic E-state index is 0.0501. The maximum atomic E-state index is 14.0. The van der Waals surface area contributed by atoms with Crippen molar-refractivity contribution in [3.63, 3.8) is 0 Å². The number of nitrogens with zero attached hydrogens (tertiary/aromatic N) is 6. The minimum Gasteiger partial charge on any atom is -0.378 e. The number of benzene rings is 3. The van der Waals surface area contributed by atoms with Gasteiger partial charge in [0.2, 0.25) is 11.8 Å². The Labute approximate surface area is 243 Å². The van der Waals surface area contributed by atoms with E-state index in [4.69, 9.17) is 4.98 Å². The van der Waals surface area contributed by atoms with E-state index in [1.54, 1.807) is 9.58 Å². The predicted octanol–water partition coefficient (Wildman–Crippen LogP) is 5.31. The van der Waals surface area contributed by atoms with E-state index in [2.05, 4.69) is 15.6 Å². The molecule has 0 unspecified atom stereocenters. The summed E-state index contributed by atoms with van der Waals surface area (Å²) in [5.41, 5.74) is 5.00. The van der Waals surface area contributed by atoms with Crippen LogP contribution < -0.4 is 10.2 Å².